The van der Waals surface area contributed by atoms with Gasteiger partial charge < -0.3 is 0 Å². The van der Waals surface area contributed by atoms with E-state index >= 15 is 0 Å². The summed E-state index contributed by atoms with van der Waals surface area (Å²) in [7, 11) is -7.85. The predicted octanol–water partition coefficient (Wildman–Crippen LogP) is 4.15. The van der Waals surface area contributed by atoms with E-state index in [4.69, 9.17) is 11.6 Å². The van der Waals surface area contributed by atoms with Gasteiger partial charge in [0.15, 0.2) is 9.84 Å². The fourth-order valence-electron chi connectivity index (χ4n) is 2.90. The highest BCUT2D eigenvalue weighted by Crippen LogP contribution is 2.35. The van der Waals surface area contributed by atoms with Gasteiger partial charge in [-0.1, -0.05) is 23.7 Å². The molecule has 0 saturated carbocycles. The number of thiophene rings is 1. The van der Waals surface area contributed by atoms with Gasteiger partial charge >= 0.3 is 0 Å². The summed E-state index contributed by atoms with van der Waals surface area (Å²) in [5.74, 6) is 0. The fourth-order valence-corrected chi connectivity index (χ4v) is 6.62. The van der Waals surface area contributed by atoms with Crippen LogP contribution < -0.4 is 4.72 Å². The Bertz CT molecular complexity index is 1440. The molecule has 0 aliphatic carbocycles. The Hall–Kier alpha value is -2.40. The molecule has 11 heteroatoms. The fraction of sp³-hybridized carbons (Fsp3) is 0.0556. The van der Waals surface area contributed by atoms with Crippen molar-refractivity contribution in [2.75, 3.05) is 11.0 Å². The van der Waals surface area contributed by atoms with E-state index in [-0.39, 0.29) is 15.5 Å². The van der Waals surface area contributed by atoms with Crippen LogP contribution in [0.2, 0.25) is 4.34 Å². The van der Waals surface area contributed by atoms with Crippen LogP contribution in [0.1, 0.15) is 0 Å². The van der Waals surface area contributed by atoms with Crippen molar-refractivity contribution in [1.29, 1.82) is 0 Å². The van der Waals surface area contributed by atoms with Crippen LogP contribution in [-0.4, -0.2) is 33.3 Å². The molecule has 0 atom stereocenters. The van der Waals surface area contributed by atoms with Gasteiger partial charge in [-0.3, -0.25) is 9.82 Å². The maximum absolute atomic E-state index is 12.9. The molecule has 2 aromatic carbocycles. The van der Waals surface area contributed by atoms with Crippen molar-refractivity contribution in [3.63, 3.8) is 0 Å². The Kier molecular flexibility index (Phi) is 4.89. The van der Waals surface area contributed by atoms with Crippen LogP contribution in [0, 0.1) is 0 Å². The van der Waals surface area contributed by atoms with Gasteiger partial charge in [0, 0.05) is 17.3 Å². The molecule has 4 aromatic rings. The number of sulfone groups is 1. The van der Waals surface area contributed by atoms with Crippen molar-refractivity contribution in [3.05, 3.63) is 58.9 Å². The van der Waals surface area contributed by atoms with E-state index in [1.54, 1.807) is 24.3 Å². The second-order valence-corrected chi connectivity index (χ2v) is 11.6. The number of rotatable bonds is 5. The summed E-state index contributed by atoms with van der Waals surface area (Å²) in [4.78, 5) is 0.273. The molecule has 0 saturated heterocycles. The summed E-state index contributed by atoms with van der Waals surface area (Å²) in [6.45, 7) is 0. The number of H-pyrrole nitrogens is 1. The Labute approximate surface area is 176 Å². The second-order valence-electron chi connectivity index (χ2n) is 6.26. The zero-order chi connectivity index (χ0) is 20.8. The number of nitrogens with one attached hydrogen (secondary N) is 2. The predicted molar refractivity (Wildman–Crippen MR) is 115 cm³/mol. The van der Waals surface area contributed by atoms with Crippen LogP contribution in [0.15, 0.2) is 64.4 Å². The summed E-state index contributed by atoms with van der Waals surface area (Å²) in [6.07, 6.45) is 0.970. The van der Waals surface area contributed by atoms with Gasteiger partial charge in [-0.25, -0.2) is 16.8 Å². The molecule has 29 heavy (non-hydrogen) atoms. The van der Waals surface area contributed by atoms with Crippen LogP contribution >= 0.6 is 22.9 Å². The first-order valence-corrected chi connectivity index (χ1v) is 12.8. The minimum absolute atomic E-state index is 0.259. The average molecular weight is 468 g/mol. The number of aromatic nitrogens is 2. The lowest BCUT2D eigenvalue weighted by atomic mass is 10.2. The number of halogens is 1. The summed E-state index contributed by atoms with van der Waals surface area (Å²) >= 11 is 7.36. The van der Waals surface area contributed by atoms with Crippen molar-refractivity contribution in [2.24, 2.45) is 0 Å². The molecule has 0 amide bonds. The maximum atomic E-state index is 12.9. The van der Waals surface area contributed by atoms with E-state index < -0.39 is 19.9 Å². The minimum atomic E-state index is -4.13. The highest BCUT2D eigenvalue weighted by atomic mass is 35.5. The van der Waals surface area contributed by atoms with Crippen LogP contribution in [0.4, 0.5) is 5.69 Å². The van der Waals surface area contributed by atoms with Crippen molar-refractivity contribution in [3.8, 4) is 10.6 Å². The third-order valence-electron chi connectivity index (χ3n) is 4.16. The number of sulfonamides is 1. The lowest BCUT2D eigenvalue weighted by Crippen LogP contribution is -2.16. The van der Waals surface area contributed by atoms with Crippen molar-refractivity contribution < 1.29 is 16.8 Å². The van der Waals surface area contributed by atoms with Gasteiger partial charge in [-0.2, -0.15) is 5.10 Å². The Morgan fingerprint density at radius 1 is 1.00 bits per heavy atom. The highest BCUT2D eigenvalue weighted by molar-refractivity contribution is 7.95. The number of hydrogen-bond acceptors (Lipinski definition) is 6. The van der Waals surface area contributed by atoms with E-state index in [0.717, 1.165) is 16.6 Å². The van der Waals surface area contributed by atoms with E-state index in [2.05, 4.69) is 14.9 Å². The first-order chi connectivity index (χ1) is 13.6. The van der Waals surface area contributed by atoms with Gasteiger partial charge in [0.25, 0.3) is 10.0 Å². The molecular formula is C18H14ClN3O4S3. The molecule has 0 aliphatic heterocycles. The van der Waals surface area contributed by atoms with E-state index in [1.165, 1.54) is 35.6 Å². The molecule has 0 bridgehead atoms. The Balaban J connectivity index is 1.77. The molecule has 2 heterocycles. The molecular weight excluding hydrogens is 454 g/mol. The quantitative estimate of drug-likeness (QED) is 0.458. The molecule has 0 radical (unpaired) electrons. The summed E-state index contributed by atoms with van der Waals surface area (Å²) < 4.78 is 52.8. The average Bonchev–Trinajstić information content (AvgIpc) is 3.26. The first kappa shape index (κ1) is 19.9. The molecule has 4 rings (SSSR count). The van der Waals surface area contributed by atoms with Crippen molar-refractivity contribution in [1.82, 2.24) is 10.2 Å². The number of aromatic amines is 1. The number of benzene rings is 2. The number of fused-ring (bicyclic) bond motifs is 1. The molecule has 7 nitrogen and oxygen atoms in total. The van der Waals surface area contributed by atoms with Gasteiger partial charge in [0.2, 0.25) is 0 Å². The van der Waals surface area contributed by atoms with Crippen LogP contribution in [0.5, 0.6) is 0 Å². The SMILES string of the molecule is CS(=O)(=O)c1ccccc1S(=O)(=O)Nc1ccc2[nH]nc(-c3ccc(Cl)s3)c2c1. The lowest BCUT2D eigenvalue weighted by molar-refractivity contribution is 0.588. The smallest absolute Gasteiger partial charge is 0.263 e. The normalized spacial score (nSPS) is 12.3. The number of nitrogens with zero attached hydrogens (tertiary/aromatic N) is 1. The summed E-state index contributed by atoms with van der Waals surface area (Å²) in [5.41, 5.74) is 1.66. The molecule has 2 N–H and O–H groups in total. The minimum Gasteiger partial charge on any atom is -0.280 e. The molecule has 0 spiro atoms. The van der Waals surface area contributed by atoms with Gasteiger partial charge in [0.1, 0.15) is 10.6 Å². The van der Waals surface area contributed by atoms with Crippen molar-refractivity contribution in [2.45, 2.75) is 9.79 Å². The van der Waals surface area contributed by atoms with Gasteiger partial charge in [-0.05, 0) is 42.5 Å². The molecule has 150 valence electrons. The number of anilines is 1. The lowest BCUT2D eigenvalue weighted by Gasteiger charge is -2.11. The molecule has 0 unspecified atom stereocenters. The molecule has 0 fully saturated rings. The van der Waals surface area contributed by atoms with E-state index in [9.17, 15) is 16.8 Å². The second kappa shape index (κ2) is 7.13. The number of hydrogen-bond donors (Lipinski definition) is 2. The third kappa shape index (κ3) is 3.88. The maximum Gasteiger partial charge on any atom is 0.263 e. The largest absolute Gasteiger partial charge is 0.280 e. The summed E-state index contributed by atoms with van der Waals surface area (Å²) in [6, 6.07) is 14.0. The van der Waals surface area contributed by atoms with Crippen molar-refractivity contribution >= 4 is 59.4 Å². The molecule has 2 aromatic heterocycles. The van der Waals surface area contributed by atoms with Crippen LogP contribution in [0.25, 0.3) is 21.5 Å². The van der Waals surface area contributed by atoms with E-state index in [0.29, 0.717) is 15.4 Å². The molecule has 0 aliphatic rings. The van der Waals surface area contributed by atoms with Crippen LogP contribution in [-0.2, 0) is 19.9 Å². The third-order valence-corrected chi connectivity index (χ3v) is 8.12. The van der Waals surface area contributed by atoms with Gasteiger partial charge in [0.05, 0.1) is 19.6 Å². The summed E-state index contributed by atoms with van der Waals surface area (Å²) in [5, 5.41) is 7.90. The van der Waals surface area contributed by atoms with Gasteiger partial charge in [-0.15, -0.1) is 11.3 Å². The topological polar surface area (TPSA) is 109 Å². The monoisotopic (exact) mass is 467 g/mol. The van der Waals surface area contributed by atoms with E-state index in [1.807, 2.05) is 6.07 Å². The highest BCUT2D eigenvalue weighted by Gasteiger charge is 2.24. The zero-order valence-electron chi connectivity index (χ0n) is 14.9. The standard InChI is InChI=1S/C18H14ClN3O4S3/c1-28(23,24)15-4-2-3-5-16(15)29(25,26)22-11-6-7-13-12(10-11)18(21-20-13)14-8-9-17(19)27-14/h2-10,22H,1H3,(H,20,21). The zero-order valence-corrected chi connectivity index (χ0v) is 18.1. The Morgan fingerprint density at radius 2 is 1.72 bits per heavy atom. The van der Waals surface area contributed by atoms with Crippen LogP contribution in [0.3, 0.4) is 0 Å². The Morgan fingerprint density at radius 3 is 2.38 bits per heavy atom. The first-order valence-electron chi connectivity index (χ1n) is 8.21.